The van der Waals surface area contributed by atoms with E-state index in [9.17, 15) is 4.79 Å². The summed E-state index contributed by atoms with van der Waals surface area (Å²) < 4.78 is 0. The van der Waals surface area contributed by atoms with Gasteiger partial charge in [0.2, 0.25) is 5.91 Å². The lowest BCUT2D eigenvalue weighted by molar-refractivity contribution is -0.131. The van der Waals surface area contributed by atoms with Gasteiger partial charge in [0.1, 0.15) is 0 Å². The van der Waals surface area contributed by atoms with Crippen molar-refractivity contribution in [2.75, 3.05) is 43.4 Å². The molecule has 5 heteroatoms. The van der Waals surface area contributed by atoms with Gasteiger partial charge in [-0.25, -0.2) is 0 Å². The predicted octanol–water partition coefficient (Wildman–Crippen LogP) is 2.28. The number of rotatable bonds is 7. The molecule has 1 aromatic rings. The van der Waals surface area contributed by atoms with Crippen LogP contribution in [0.15, 0.2) is 18.2 Å². The molecule has 1 aliphatic heterocycles. The highest BCUT2D eigenvalue weighted by molar-refractivity contribution is 5.76. The molecule has 0 radical (unpaired) electrons. The molecule has 1 heterocycles. The van der Waals surface area contributed by atoms with Crippen LogP contribution >= 0.6 is 0 Å². The largest absolute Gasteiger partial charge is 0.397 e. The van der Waals surface area contributed by atoms with E-state index in [1.807, 2.05) is 13.0 Å². The third kappa shape index (κ3) is 4.87. The molecule has 0 aliphatic carbocycles. The number of nitrogens with zero attached hydrogens (tertiary/aromatic N) is 2. The van der Waals surface area contributed by atoms with Crippen LogP contribution in [0.25, 0.3) is 0 Å². The summed E-state index contributed by atoms with van der Waals surface area (Å²) in [4.78, 5) is 16.2. The van der Waals surface area contributed by atoms with Crippen molar-refractivity contribution in [3.05, 3.63) is 23.8 Å². The SMILES string of the molecule is CCN(CCO)C(=O)CCc1ccc(N2CCC(C)CC2)c(N)c1. The van der Waals surface area contributed by atoms with Crippen LogP contribution in [0.2, 0.25) is 0 Å². The second-order valence-corrected chi connectivity index (χ2v) is 6.76. The zero-order chi connectivity index (χ0) is 17.5. The second kappa shape index (κ2) is 8.92. The normalized spacial score (nSPS) is 15.5. The van der Waals surface area contributed by atoms with Crippen molar-refractivity contribution < 1.29 is 9.90 Å². The van der Waals surface area contributed by atoms with E-state index in [1.165, 1.54) is 12.8 Å². The van der Waals surface area contributed by atoms with Gasteiger partial charge in [-0.3, -0.25) is 4.79 Å². The average Bonchev–Trinajstić information content (AvgIpc) is 2.58. The van der Waals surface area contributed by atoms with Gasteiger partial charge in [-0.05, 0) is 49.8 Å². The van der Waals surface area contributed by atoms with Crippen molar-refractivity contribution in [1.29, 1.82) is 0 Å². The molecule has 1 aromatic carbocycles. The number of carbonyl (C=O) groups is 1. The molecule has 1 aliphatic rings. The summed E-state index contributed by atoms with van der Waals surface area (Å²) in [6, 6.07) is 6.18. The van der Waals surface area contributed by atoms with Gasteiger partial charge >= 0.3 is 0 Å². The first-order valence-electron chi connectivity index (χ1n) is 9.07. The summed E-state index contributed by atoms with van der Waals surface area (Å²) in [5.41, 5.74) is 9.27. The fourth-order valence-electron chi connectivity index (χ4n) is 3.29. The Morgan fingerprint density at radius 2 is 2.08 bits per heavy atom. The van der Waals surface area contributed by atoms with Crippen LogP contribution in [0.1, 0.15) is 38.7 Å². The Balaban J connectivity index is 1.93. The van der Waals surface area contributed by atoms with E-state index >= 15 is 0 Å². The van der Waals surface area contributed by atoms with Crippen molar-refractivity contribution >= 4 is 17.3 Å². The number of aliphatic hydroxyl groups is 1. The van der Waals surface area contributed by atoms with Crippen LogP contribution in [0.4, 0.5) is 11.4 Å². The van der Waals surface area contributed by atoms with Crippen LogP contribution in [-0.2, 0) is 11.2 Å². The molecule has 0 atom stereocenters. The number of piperidine rings is 1. The van der Waals surface area contributed by atoms with Gasteiger partial charge in [-0.15, -0.1) is 0 Å². The predicted molar refractivity (Wildman–Crippen MR) is 99.1 cm³/mol. The first kappa shape index (κ1) is 18.6. The molecule has 3 N–H and O–H groups in total. The van der Waals surface area contributed by atoms with Crippen LogP contribution in [0, 0.1) is 5.92 Å². The number of aryl methyl sites for hydroxylation is 1. The van der Waals surface area contributed by atoms with Crippen molar-refractivity contribution in [1.82, 2.24) is 4.90 Å². The van der Waals surface area contributed by atoms with Crippen molar-refractivity contribution in [2.45, 2.75) is 39.5 Å². The van der Waals surface area contributed by atoms with Gasteiger partial charge < -0.3 is 20.6 Å². The minimum atomic E-state index is 0.00960. The fourth-order valence-corrected chi connectivity index (χ4v) is 3.29. The molecule has 1 saturated heterocycles. The number of aliphatic hydroxyl groups excluding tert-OH is 1. The molecule has 24 heavy (non-hydrogen) atoms. The Morgan fingerprint density at radius 3 is 2.67 bits per heavy atom. The summed E-state index contributed by atoms with van der Waals surface area (Å²) >= 11 is 0. The minimum absolute atomic E-state index is 0.00960. The Bertz CT molecular complexity index is 539. The summed E-state index contributed by atoms with van der Waals surface area (Å²) in [6.45, 7) is 7.41. The van der Waals surface area contributed by atoms with E-state index in [1.54, 1.807) is 4.90 Å². The molecule has 1 amide bonds. The maximum atomic E-state index is 12.1. The molecule has 0 saturated carbocycles. The highest BCUT2D eigenvalue weighted by Crippen LogP contribution is 2.29. The smallest absolute Gasteiger partial charge is 0.222 e. The zero-order valence-electron chi connectivity index (χ0n) is 15.0. The number of benzene rings is 1. The third-order valence-corrected chi connectivity index (χ3v) is 4.95. The van der Waals surface area contributed by atoms with E-state index < -0.39 is 0 Å². The monoisotopic (exact) mass is 333 g/mol. The lowest BCUT2D eigenvalue weighted by Crippen LogP contribution is -2.33. The van der Waals surface area contributed by atoms with Gasteiger partial charge in [0.25, 0.3) is 0 Å². The van der Waals surface area contributed by atoms with Gasteiger partial charge in [0, 0.05) is 32.6 Å². The molecule has 0 bridgehead atoms. The first-order valence-corrected chi connectivity index (χ1v) is 9.07. The lowest BCUT2D eigenvalue weighted by Gasteiger charge is -2.33. The zero-order valence-corrected chi connectivity index (χ0v) is 15.0. The standard InChI is InChI=1S/C19H31N3O2/c1-3-21(12-13-23)19(24)7-5-16-4-6-18(17(20)14-16)22-10-8-15(2)9-11-22/h4,6,14-15,23H,3,5,7-13,20H2,1-2H3. The maximum Gasteiger partial charge on any atom is 0.222 e. The molecular weight excluding hydrogens is 302 g/mol. The minimum Gasteiger partial charge on any atom is -0.397 e. The third-order valence-electron chi connectivity index (χ3n) is 4.95. The van der Waals surface area contributed by atoms with Crippen LogP contribution < -0.4 is 10.6 Å². The number of nitrogen functional groups attached to an aromatic ring is 1. The lowest BCUT2D eigenvalue weighted by atomic mass is 9.98. The first-order chi connectivity index (χ1) is 11.5. The van der Waals surface area contributed by atoms with Gasteiger partial charge in [0.05, 0.1) is 18.0 Å². The highest BCUT2D eigenvalue weighted by atomic mass is 16.3. The number of carbonyl (C=O) groups excluding carboxylic acids is 1. The van der Waals surface area contributed by atoms with Crippen LogP contribution in [0.3, 0.4) is 0 Å². The summed E-state index contributed by atoms with van der Waals surface area (Å²) in [5.74, 6) is 0.882. The summed E-state index contributed by atoms with van der Waals surface area (Å²) in [5, 5.41) is 8.99. The van der Waals surface area contributed by atoms with Crippen molar-refractivity contribution in [2.24, 2.45) is 5.92 Å². The van der Waals surface area contributed by atoms with E-state index in [4.69, 9.17) is 10.8 Å². The number of likely N-dealkylation sites (N-methyl/N-ethyl adjacent to an activating group) is 1. The molecule has 0 aromatic heterocycles. The number of hydrogen-bond acceptors (Lipinski definition) is 4. The molecule has 1 fully saturated rings. The Morgan fingerprint density at radius 1 is 1.38 bits per heavy atom. The average molecular weight is 333 g/mol. The highest BCUT2D eigenvalue weighted by Gasteiger charge is 2.18. The van der Waals surface area contributed by atoms with Crippen molar-refractivity contribution in [3.8, 4) is 0 Å². The number of hydrogen-bond donors (Lipinski definition) is 2. The molecular formula is C19H31N3O2. The van der Waals surface area contributed by atoms with E-state index in [-0.39, 0.29) is 12.5 Å². The second-order valence-electron chi connectivity index (χ2n) is 6.76. The van der Waals surface area contributed by atoms with E-state index in [2.05, 4.69) is 24.0 Å². The topological polar surface area (TPSA) is 69.8 Å². The molecule has 0 spiro atoms. The fraction of sp³-hybridized carbons (Fsp3) is 0.632. The van der Waals surface area contributed by atoms with E-state index in [0.717, 1.165) is 35.9 Å². The Labute approximate surface area is 145 Å². The van der Waals surface area contributed by atoms with E-state index in [0.29, 0.717) is 25.9 Å². The summed E-state index contributed by atoms with van der Waals surface area (Å²) in [6.07, 6.45) is 3.57. The number of amides is 1. The van der Waals surface area contributed by atoms with Crippen molar-refractivity contribution in [3.63, 3.8) is 0 Å². The van der Waals surface area contributed by atoms with Gasteiger partial charge in [-0.2, -0.15) is 0 Å². The van der Waals surface area contributed by atoms with Crippen LogP contribution in [0.5, 0.6) is 0 Å². The maximum absolute atomic E-state index is 12.1. The number of anilines is 2. The number of nitrogens with two attached hydrogens (primary N) is 1. The summed E-state index contributed by atoms with van der Waals surface area (Å²) in [7, 11) is 0. The molecule has 0 unspecified atom stereocenters. The van der Waals surface area contributed by atoms with Gasteiger partial charge in [0.15, 0.2) is 0 Å². The molecule has 134 valence electrons. The molecule has 2 rings (SSSR count). The Hall–Kier alpha value is -1.75. The van der Waals surface area contributed by atoms with Gasteiger partial charge in [-0.1, -0.05) is 13.0 Å². The Kier molecular flexibility index (Phi) is 6.91. The van der Waals surface area contributed by atoms with Crippen LogP contribution in [-0.4, -0.2) is 48.7 Å². The quantitative estimate of drug-likeness (QED) is 0.751. The molecule has 5 nitrogen and oxygen atoms in total.